The number of benzene rings is 2. The number of anilines is 1. The standard InChI is InChI=1S/C32H39F3N2O6/c1-6-8-11-21(7-2)37(31(36)40)28-22(29(41-5)20(4)23-18-42-30(39)27(23)28)16-14-19(3)15-17-26(38)43-25-13-10-9-12-24(25)32(33,34)35/h9-10,12-14,21H,6-8,11,15-18H2,1-5H3,(H2,36,40). The lowest BCUT2D eigenvalue weighted by Gasteiger charge is -2.33. The fourth-order valence-corrected chi connectivity index (χ4v) is 5.36. The number of nitrogens with two attached hydrogens (primary N) is 1. The number of alkyl halides is 3. The van der Waals surface area contributed by atoms with Crippen molar-refractivity contribution in [3.63, 3.8) is 0 Å². The third kappa shape index (κ3) is 7.69. The number of ether oxygens (including phenoxy) is 3. The number of hydrogen-bond donors (Lipinski definition) is 1. The van der Waals surface area contributed by atoms with E-state index in [1.54, 1.807) is 6.92 Å². The number of carbonyl (C=O) groups is 3. The number of halogens is 3. The molecule has 3 rings (SSSR count). The Morgan fingerprint density at radius 3 is 2.49 bits per heavy atom. The van der Waals surface area contributed by atoms with Crippen LogP contribution in [0.25, 0.3) is 0 Å². The van der Waals surface area contributed by atoms with Gasteiger partial charge in [0.05, 0.1) is 23.9 Å². The monoisotopic (exact) mass is 604 g/mol. The Labute approximate surface area is 250 Å². The summed E-state index contributed by atoms with van der Waals surface area (Å²) in [6, 6.07) is 3.59. The van der Waals surface area contributed by atoms with Gasteiger partial charge in [0.1, 0.15) is 18.1 Å². The molecule has 11 heteroatoms. The van der Waals surface area contributed by atoms with Gasteiger partial charge in [-0.2, -0.15) is 13.2 Å². The molecule has 2 aromatic carbocycles. The highest BCUT2D eigenvalue weighted by Gasteiger charge is 2.38. The minimum atomic E-state index is -4.66. The predicted octanol–water partition coefficient (Wildman–Crippen LogP) is 7.42. The Kier molecular flexibility index (Phi) is 11.2. The number of fused-ring (bicyclic) bond motifs is 1. The van der Waals surface area contributed by atoms with E-state index in [-0.39, 0.29) is 31.9 Å². The average molecular weight is 605 g/mol. The normalized spacial score (nSPS) is 13.8. The number of hydrogen-bond acceptors (Lipinski definition) is 6. The van der Waals surface area contributed by atoms with Gasteiger partial charge in [-0.3, -0.25) is 9.69 Å². The van der Waals surface area contributed by atoms with Crippen molar-refractivity contribution < 1.29 is 41.8 Å². The summed E-state index contributed by atoms with van der Waals surface area (Å²) in [5.41, 5.74) is 8.26. The second kappa shape index (κ2) is 14.4. The number of para-hydroxylation sites is 1. The van der Waals surface area contributed by atoms with Crippen LogP contribution in [0.1, 0.15) is 91.9 Å². The van der Waals surface area contributed by atoms with Crippen LogP contribution >= 0.6 is 0 Å². The molecule has 1 aliphatic heterocycles. The van der Waals surface area contributed by atoms with E-state index in [4.69, 9.17) is 19.9 Å². The van der Waals surface area contributed by atoms with Crippen LogP contribution in [0.2, 0.25) is 0 Å². The lowest BCUT2D eigenvalue weighted by atomic mass is 9.91. The number of primary amides is 1. The third-order valence-corrected chi connectivity index (χ3v) is 7.65. The lowest BCUT2D eigenvalue weighted by Crippen LogP contribution is -2.45. The van der Waals surface area contributed by atoms with Crippen molar-refractivity contribution in [1.29, 1.82) is 0 Å². The number of allylic oxidation sites excluding steroid dienone is 2. The molecule has 0 spiro atoms. The van der Waals surface area contributed by atoms with Gasteiger partial charge in [0.2, 0.25) is 0 Å². The fraction of sp³-hybridized carbons (Fsp3) is 0.469. The topological polar surface area (TPSA) is 108 Å². The van der Waals surface area contributed by atoms with E-state index < -0.39 is 35.5 Å². The molecular formula is C32H39F3N2O6. The van der Waals surface area contributed by atoms with E-state index in [0.717, 1.165) is 30.5 Å². The van der Waals surface area contributed by atoms with Crippen LogP contribution in [0.15, 0.2) is 35.9 Å². The molecule has 2 N–H and O–H groups in total. The summed E-state index contributed by atoms with van der Waals surface area (Å²) in [5.74, 6) is -1.40. The summed E-state index contributed by atoms with van der Waals surface area (Å²) in [6.07, 6.45) is 0.523. The number of methoxy groups -OCH3 is 1. The van der Waals surface area contributed by atoms with Gasteiger partial charge in [-0.15, -0.1) is 0 Å². The predicted molar refractivity (Wildman–Crippen MR) is 156 cm³/mol. The van der Waals surface area contributed by atoms with Crippen LogP contribution in [0.4, 0.5) is 23.7 Å². The molecule has 1 atom stereocenters. The minimum Gasteiger partial charge on any atom is -0.496 e. The Balaban J connectivity index is 1.94. The van der Waals surface area contributed by atoms with Gasteiger partial charge >= 0.3 is 24.1 Å². The van der Waals surface area contributed by atoms with E-state index in [1.165, 1.54) is 24.1 Å². The molecule has 8 nitrogen and oxygen atoms in total. The van der Waals surface area contributed by atoms with Crippen LogP contribution in [0.3, 0.4) is 0 Å². The van der Waals surface area contributed by atoms with Gasteiger partial charge in [-0.05, 0) is 57.2 Å². The quantitative estimate of drug-likeness (QED) is 0.145. The summed E-state index contributed by atoms with van der Waals surface area (Å²) in [4.78, 5) is 39.9. The number of esters is 2. The van der Waals surface area contributed by atoms with Gasteiger partial charge in [-0.1, -0.05) is 50.5 Å². The van der Waals surface area contributed by atoms with E-state index in [0.29, 0.717) is 46.5 Å². The summed E-state index contributed by atoms with van der Waals surface area (Å²) in [6.45, 7) is 7.66. The molecule has 0 saturated carbocycles. The van der Waals surface area contributed by atoms with Crippen LogP contribution in [-0.2, 0) is 28.7 Å². The highest BCUT2D eigenvalue weighted by molar-refractivity contribution is 6.06. The Morgan fingerprint density at radius 2 is 1.88 bits per heavy atom. The number of unbranched alkanes of at least 4 members (excludes halogenated alkanes) is 1. The molecule has 1 heterocycles. The molecule has 234 valence electrons. The van der Waals surface area contributed by atoms with Crippen molar-refractivity contribution in [2.45, 2.75) is 91.5 Å². The highest BCUT2D eigenvalue weighted by atomic mass is 19.4. The highest BCUT2D eigenvalue weighted by Crippen LogP contribution is 2.44. The van der Waals surface area contributed by atoms with Crippen molar-refractivity contribution in [1.82, 2.24) is 0 Å². The molecule has 43 heavy (non-hydrogen) atoms. The second-order valence-corrected chi connectivity index (χ2v) is 10.6. The van der Waals surface area contributed by atoms with Crippen LogP contribution < -0.4 is 20.1 Å². The van der Waals surface area contributed by atoms with Gasteiger partial charge < -0.3 is 19.9 Å². The molecule has 0 aliphatic carbocycles. The van der Waals surface area contributed by atoms with Gasteiger partial charge in [0, 0.05) is 23.6 Å². The number of carbonyl (C=O) groups excluding carboxylic acids is 3. The first-order chi connectivity index (χ1) is 20.3. The molecular weight excluding hydrogens is 565 g/mol. The number of cyclic esters (lactones) is 1. The average Bonchev–Trinajstić information content (AvgIpc) is 3.34. The van der Waals surface area contributed by atoms with Crippen molar-refractivity contribution in [3.05, 3.63) is 63.7 Å². The van der Waals surface area contributed by atoms with Gasteiger partial charge in [-0.25, -0.2) is 9.59 Å². The van der Waals surface area contributed by atoms with Crippen molar-refractivity contribution in [2.75, 3.05) is 12.0 Å². The van der Waals surface area contributed by atoms with Crippen LogP contribution in [-0.4, -0.2) is 31.1 Å². The first-order valence-electron chi connectivity index (χ1n) is 14.4. The molecule has 0 bridgehead atoms. The molecule has 2 amide bonds. The minimum absolute atomic E-state index is 0.0520. The molecule has 0 radical (unpaired) electrons. The first kappa shape index (κ1) is 33.5. The van der Waals surface area contributed by atoms with Crippen LogP contribution in [0, 0.1) is 6.92 Å². The summed E-state index contributed by atoms with van der Waals surface area (Å²) < 4.78 is 56.0. The SMILES string of the molecule is CCCCC(CC)N(C(N)=O)c1c(CC=C(C)CCC(=O)Oc2ccccc2C(F)(F)F)c(OC)c(C)c2c1C(=O)OC2. The van der Waals surface area contributed by atoms with Crippen LogP contribution in [0.5, 0.6) is 11.5 Å². The van der Waals surface area contributed by atoms with Gasteiger partial charge in [0.25, 0.3) is 0 Å². The number of nitrogens with zero attached hydrogens (tertiary/aromatic N) is 1. The maximum Gasteiger partial charge on any atom is 0.419 e. The van der Waals surface area contributed by atoms with Crippen molar-refractivity contribution in [3.8, 4) is 11.5 Å². The van der Waals surface area contributed by atoms with E-state index >= 15 is 0 Å². The maximum absolute atomic E-state index is 13.3. The largest absolute Gasteiger partial charge is 0.496 e. The zero-order valence-corrected chi connectivity index (χ0v) is 25.2. The summed E-state index contributed by atoms with van der Waals surface area (Å²) in [5, 5.41) is 0. The smallest absolute Gasteiger partial charge is 0.419 e. The molecule has 2 aromatic rings. The van der Waals surface area contributed by atoms with E-state index in [1.807, 2.05) is 19.9 Å². The second-order valence-electron chi connectivity index (χ2n) is 10.6. The molecule has 0 aromatic heterocycles. The molecule has 1 unspecified atom stereocenters. The Bertz CT molecular complexity index is 1390. The number of urea groups is 1. The third-order valence-electron chi connectivity index (χ3n) is 7.65. The van der Waals surface area contributed by atoms with E-state index in [9.17, 15) is 27.6 Å². The van der Waals surface area contributed by atoms with E-state index in [2.05, 4.69) is 6.92 Å². The van der Waals surface area contributed by atoms with Crippen molar-refractivity contribution >= 4 is 23.7 Å². The maximum atomic E-state index is 13.3. The molecule has 1 aliphatic rings. The Hall–Kier alpha value is -4.02. The Morgan fingerprint density at radius 1 is 1.19 bits per heavy atom. The van der Waals surface area contributed by atoms with Crippen molar-refractivity contribution in [2.24, 2.45) is 5.73 Å². The fourth-order valence-electron chi connectivity index (χ4n) is 5.36. The summed E-state index contributed by atoms with van der Waals surface area (Å²) in [7, 11) is 1.51. The van der Waals surface area contributed by atoms with Gasteiger partial charge in [0.15, 0.2) is 0 Å². The molecule has 0 saturated heterocycles. The lowest BCUT2D eigenvalue weighted by molar-refractivity contribution is -0.142. The summed E-state index contributed by atoms with van der Waals surface area (Å²) >= 11 is 0. The zero-order chi connectivity index (χ0) is 31.9. The molecule has 0 fully saturated rings. The zero-order valence-electron chi connectivity index (χ0n) is 25.2. The number of rotatable bonds is 13. The number of amides is 2. The first-order valence-corrected chi connectivity index (χ1v) is 14.4.